The smallest absolute Gasteiger partial charge is 0.116 e. The summed E-state index contributed by atoms with van der Waals surface area (Å²) in [6.45, 7) is 0. The van der Waals surface area contributed by atoms with Crippen molar-refractivity contribution in [3.8, 4) is 0 Å². The van der Waals surface area contributed by atoms with Gasteiger partial charge in [-0.05, 0) is 55.0 Å². The summed E-state index contributed by atoms with van der Waals surface area (Å²) in [6, 6.07) is 7.93. The highest BCUT2D eigenvalue weighted by Crippen LogP contribution is 2.29. The molecule has 0 saturated heterocycles. The number of rotatable bonds is 1. The Morgan fingerprint density at radius 2 is 1.94 bits per heavy atom. The van der Waals surface area contributed by atoms with Gasteiger partial charge in [-0.3, -0.25) is 5.10 Å². The Balaban J connectivity index is 1.99. The molecule has 91 valence electrons. The van der Waals surface area contributed by atoms with E-state index < -0.39 is 0 Å². The predicted molar refractivity (Wildman–Crippen MR) is 74.3 cm³/mol. The molecule has 1 aliphatic rings. The van der Waals surface area contributed by atoms with Crippen LogP contribution in [-0.4, -0.2) is 10.2 Å². The molecule has 0 spiro atoms. The average Bonchev–Trinajstić information content (AvgIpc) is 2.76. The predicted octanol–water partition coefficient (Wildman–Crippen LogP) is 4.13. The molecule has 1 heterocycles. The van der Waals surface area contributed by atoms with E-state index in [9.17, 15) is 0 Å². The zero-order chi connectivity index (χ0) is 12.4. The van der Waals surface area contributed by atoms with Gasteiger partial charge in [0.15, 0.2) is 0 Å². The monoisotopic (exact) mass is 257 g/mol. The summed E-state index contributed by atoms with van der Waals surface area (Å²) in [4.78, 5) is 0. The normalized spacial score (nSPS) is 17.5. The van der Waals surface area contributed by atoms with Crippen molar-refractivity contribution in [3.05, 3.63) is 52.3 Å². The number of nitrogens with one attached hydrogen (secondary N) is 1. The summed E-state index contributed by atoms with van der Waals surface area (Å²) < 4.78 is 0. The number of aromatic nitrogens is 2. The number of aryl methyl sites for hydroxylation is 1. The van der Waals surface area contributed by atoms with Gasteiger partial charge in [0.25, 0.3) is 0 Å². The molecule has 18 heavy (non-hydrogen) atoms. The van der Waals surface area contributed by atoms with Crippen LogP contribution in [0, 0.1) is 6.20 Å². The van der Waals surface area contributed by atoms with Gasteiger partial charge < -0.3 is 0 Å². The molecule has 1 aromatic carbocycles. The van der Waals surface area contributed by atoms with Crippen LogP contribution < -0.4 is 0 Å². The first-order chi connectivity index (χ1) is 8.83. The lowest BCUT2D eigenvalue weighted by atomic mass is 10.0. The minimum atomic E-state index is 0.772. The van der Waals surface area contributed by atoms with E-state index in [0.29, 0.717) is 0 Å². The maximum absolute atomic E-state index is 5.90. The molecular formula is C15H14ClN2. The minimum absolute atomic E-state index is 0.772. The molecule has 0 bridgehead atoms. The van der Waals surface area contributed by atoms with Crippen LogP contribution in [-0.2, 0) is 6.42 Å². The second-order valence-corrected chi connectivity index (χ2v) is 5.05. The first-order valence-electron chi connectivity index (χ1n) is 6.24. The third-order valence-corrected chi connectivity index (χ3v) is 3.57. The van der Waals surface area contributed by atoms with Crippen molar-refractivity contribution < 1.29 is 0 Å². The van der Waals surface area contributed by atoms with E-state index in [2.05, 4.69) is 22.5 Å². The number of benzene rings is 1. The van der Waals surface area contributed by atoms with Crippen molar-refractivity contribution in [2.24, 2.45) is 0 Å². The van der Waals surface area contributed by atoms with E-state index in [0.717, 1.165) is 23.6 Å². The van der Waals surface area contributed by atoms with Crippen LogP contribution in [0.15, 0.2) is 24.3 Å². The molecule has 0 atom stereocenters. The van der Waals surface area contributed by atoms with Gasteiger partial charge in [-0.15, -0.1) is 0 Å². The standard InChI is InChI=1S/C15H14ClN2/c16-14-7-5-11(6-8-14)9-12-3-1-2-4-13-10-17-18-15(12)13/h5-9H,1-4H2,(H,17,18)/b12-9+. The van der Waals surface area contributed by atoms with Gasteiger partial charge in [0, 0.05) is 10.6 Å². The fourth-order valence-corrected chi connectivity index (χ4v) is 2.49. The van der Waals surface area contributed by atoms with Crippen LogP contribution in [0.25, 0.3) is 11.6 Å². The molecule has 0 fully saturated rings. The highest BCUT2D eigenvalue weighted by molar-refractivity contribution is 6.30. The number of hydrogen-bond acceptors (Lipinski definition) is 1. The molecule has 1 N–H and O–H groups in total. The largest absolute Gasteiger partial charge is 0.277 e. The molecule has 2 nitrogen and oxygen atoms in total. The summed E-state index contributed by atoms with van der Waals surface area (Å²) in [7, 11) is 0. The first kappa shape index (κ1) is 11.5. The van der Waals surface area contributed by atoms with E-state index in [4.69, 9.17) is 11.6 Å². The quantitative estimate of drug-likeness (QED) is 0.765. The Kier molecular flexibility index (Phi) is 3.20. The number of allylic oxidation sites excluding steroid dienone is 1. The van der Waals surface area contributed by atoms with Gasteiger partial charge in [0.1, 0.15) is 6.20 Å². The lowest BCUT2D eigenvalue weighted by Crippen LogP contribution is -1.87. The lowest BCUT2D eigenvalue weighted by Gasteiger charge is -2.04. The number of hydrogen-bond donors (Lipinski definition) is 1. The molecule has 0 aliphatic heterocycles. The summed E-state index contributed by atoms with van der Waals surface area (Å²) in [5, 5.41) is 7.89. The van der Waals surface area contributed by atoms with Crippen molar-refractivity contribution in [3.63, 3.8) is 0 Å². The number of nitrogens with zero attached hydrogens (tertiary/aromatic N) is 1. The number of halogens is 1. The van der Waals surface area contributed by atoms with Gasteiger partial charge in [-0.2, -0.15) is 5.10 Å². The Labute approximate surface area is 112 Å². The minimum Gasteiger partial charge on any atom is -0.277 e. The second kappa shape index (κ2) is 4.99. The SMILES string of the molecule is Clc1ccc(/C=C2\CCCCc3[c]n[nH]c32)cc1. The Hall–Kier alpha value is -1.54. The van der Waals surface area contributed by atoms with Gasteiger partial charge in [0.2, 0.25) is 0 Å². The zero-order valence-electron chi connectivity index (χ0n) is 10.0. The molecule has 0 unspecified atom stereocenters. The highest BCUT2D eigenvalue weighted by atomic mass is 35.5. The molecule has 1 radical (unpaired) electrons. The molecule has 0 saturated carbocycles. The van der Waals surface area contributed by atoms with E-state index in [1.54, 1.807) is 0 Å². The molecule has 0 amide bonds. The van der Waals surface area contributed by atoms with Crippen LogP contribution in [0.4, 0.5) is 0 Å². The van der Waals surface area contributed by atoms with Crippen LogP contribution in [0.1, 0.15) is 36.1 Å². The fraction of sp³-hybridized carbons (Fsp3) is 0.267. The van der Waals surface area contributed by atoms with Gasteiger partial charge in [-0.1, -0.05) is 23.7 Å². The third kappa shape index (κ3) is 2.34. The van der Waals surface area contributed by atoms with Crippen molar-refractivity contribution in [2.45, 2.75) is 25.7 Å². The van der Waals surface area contributed by atoms with Gasteiger partial charge >= 0.3 is 0 Å². The summed E-state index contributed by atoms with van der Waals surface area (Å²) in [5.41, 5.74) is 4.87. The van der Waals surface area contributed by atoms with Crippen LogP contribution >= 0.6 is 11.6 Å². The molecule has 2 aromatic rings. The Morgan fingerprint density at radius 3 is 2.78 bits per heavy atom. The van der Waals surface area contributed by atoms with Gasteiger partial charge in [0.05, 0.1) is 5.69 Å². The number of fused-ring (bicyclic) bond motifs is 1. The van der Waals surface area contributed by atoms with Crippen LogP contribution in [0.2, 0.25) is 5.02 Å². The Bertz CT molecular complexity index is 566. The highest BCUT2D eigenvalue weighted by Gasteiger charge is 2.14. The van der Waals surface area contributed by atoms with Gasteiger partial charge in [-0.25, -0.2) is 0 Å². The Morgan fingerprint density at radius 1 is 1.17 bits per heavy atom. The van der Waals surface area contributed by atoms with Crippen molar-refractivity contribution in [1.82, 2.24) is 10.2 Å². The zero-order valence-corrected chi connectivity index (χ0v) is 10.8. The maximum Gasteiger partial charge on any atom is 0.116 e. The maximum atomic E-state index is 5.90. The number of H-pyrrole nitrogens is 1. The van der Waals surface area contributed by atoms with Crippen molar-refractivity contribution in [2.75, 3.05) is 0 Å². The van der Waals surface area contributed by atoms with E-state index in [-0.39, 0.29) is 0 Å². The summed E-state index contributed by atoms with van der Waals surface area (Å²) in [6.07, 6.45) is 9.86. The lowest BCUT2D eigenvalue weighted by molar-refractivity contribution is 0.770. The molecular weight excluding hydrogens is 244 g/mol. The topological polar surface area (TPSA) is 28.7 Å². The van der Waals surface area contributed by atoms with Crippen molar-refractivity contribution in [1.29, 1.82) is 0 Å². The van der Waals surface area contributed by atoms with Crippen molar-refractivity contribution >= 4 is 23.3 Å². The second-order valence-electron chi connectivity index (χ2n) is 4.62. The fourth-order valence-electron chi connectivity index (χ4n) is 2.37. The molecule has 3 heteroatoms. The first-order valence-corrected chi connectivity index (χ1v) is 6.62. The summed E-state index contributed by atoms with van der Waals surface area (Å²) >= 11 is 5.90. The van der Waals surface area contributed by atoms with Crippen LogP contribution in [0.5, 0.6) is 0 Å². The van der Waals surface area contributed by atoms with E-state index in [1.807, 2.05) is 24.3 Å². The molecule has 1 aromatic heterocycles. The average molecular weight is 258 g/mol. The van der Waals surface area contributed by atoms with E-state index in [1.165, 1.54) is 29.5 Å². The van der Waals surface area contributed by atoms with E-state index >= 15 is 0 Å². The van der Waals surface area contributed by atoms with Crippen LogP contribution in [0.3, 0.4) is 0 Å². The third-order valence-electron chi connectivity index (χ3n) is 3.32. The molecule has 1 aliphatic carbocycles. The summed E-state index contributed by atoms with van der Waals surface area (Å²) in [5.74, 6) is 0. The number of aromatic amines is 1. The molecule has 3 rings (SSSR count).